The Morgan fingerprint density at radius 2 is 1.94 bits per heavy atom. The first-order valence-corrected chi connectivity index (χ1v) is 11.8. The number of aryl methyl sites for hydroxylation is 1. The van der Waals surface area contributed by atoms with E-state index >= 15 is 0 Å². The van der Waals surface area contributed by atoms with Crippen molar-refractivity contribution in [3.63, 3.8) is 0 Å². The van der Waals surface area contributed by atoms with Crippen molar-refractivity contribution in [2.24, 2.45) is 11.8 Å². The molecule has 4 aliphatic heterocycles. The molecule has 180 valence electrons. The molecular weight excluding hydrogens is 460 g/mol. The molecule has 34 heavy (non-hydrogen) atoms. The fourth-order valence-corrected chi connectivity index (χ4v) is 6.33. The molecule has 8 nitrogen and oxygen atoms in total. The molecule has 1 spiro atoms. The second-order valence-corrected chi connectivity index (χ2v) is 9.80. The van der Waals surface area contributed by atoms with E-state index in [9.17, 15) is 19.5 Å². The van der Waals surface area contributed by atoms with Crippen molar-refractivity contribution < 1.29 is 29.0 Å². The highest BCUT2D eigenvalue weighted by molar-refractivity contribution is 6.34. The quantitative estimate of drug-likeness (QED) is 0.516. The summed E-state index contributed by atoms with van der Waals surface area (Å²) >= 11 is 6.51. The van der Waals surface area contributed by atoms with E-state index in [2.05, 4.69) is 0 Å². The smallest absolute Gasteiger partial charge is 0.313 e. The Morgan fingerprint density at radius 1 is 1.15 bits per heavy atom. The minimum absolute atomic E-state index is 0.105. The summed E-state index contributed by atoms with van der Waals surface area (Å²) in [6.07, 6.45) is 7.33. The fraction of sp³-hybridized carbons (Fsp3) is 0.480. The molecule has 4 heterocycles. The van der Waals surface area contributed by atoms with E-state index < -0.39 is 35.0 Å². The Bertz CT molecular complexity index is 1100. The van der Waals surface area contributed by atoms with Crippen LogP contribution in [0.15, 0.2) is 42.5 Å². The number of cyclic esters (lactones) is 1. The van der Waals surface area contributed by atoms with Gasteiger partial charge in [0.05, 0.1) is 22.2 Å². The molecule has 9 heteroatoms. The number of carbonyl (C=O) groups excluding carboxylic acids is 3. The molecule has 0 saturated carbocycles. The van der Waals surface area contributed by atoms with E-state index in [1.807, 2.05) is 19.1 Å². The van der Waals surface area contributed by atoms with Gasteiger partial charge >= 0.3 is 5.97 Å². The molecule has 0 aliphatic carbocycles. The molecule has 1 aromatic rings. The molecule has 0 aromatic heterocycles. The van der Waals surface area contributed by atoms with Crippen LogP contribution in [0.3, 0.4) is 0 Å². The summed E-state index contributed by atoms with van der Waals surface area (Å²) in [6.45, 7) is 3.99. The van der Waals surface area contributed by atoms with Gasteiger partial charge in [-0.2, -0.15) is 0 Å². The van der Waals surface area contributed by atoms with Gasteiger partial charge in [-0.15, -0.1) is 0 Å². The lowest BCUT2D eigenvalue weighted by atomic mass is 9.75. The van der Waals surface area contributed by atoms with Crippen LogP contribution < -0.4 is 4.90 Å². The maximum atomic E-state index is 14.2. The SMILES string of the molecule is Cc1cccc(Cl)c1N1CC=C[C@]23O[C@@]4(C)C=CCOC(=O)[C@H]4[C@H]2C(=O)N(CCCO)C3C1=O. The summed E-state index contributed by atoms with van der Waals surface area (Å²) in [5, 5.41) is 9.89. The number of hydrogen-bond donors (Lipinski definition) is 1. The lowest BCUT2D eigenvalue weighted by Crippen LogP contribution is -2.56. The monoisotopic (exact) mass is 486 g/mol. The van der Waals surface area contributed by atoms with Gasteiger partial charge in [-0.05, 0) is 38.0 Å². The highest BCUT2D eigenvalue weighted by Crippen LogP contribution is 2.57. The van der Waals surface area contributed by atoms with E-state index in [1.54, 1.807) is 42.2 Å². The lowest BCUT2D eigenvalue weighted by molar-refractivity contribution is -0.156. The number of halogens is 1. The molecule has 1 aromatic carbocycles. The van der Waals surface area contributed by atoms with Gasteiger partial charge in [0, 0.05) is 19.7 Å². The van der Waals surface area contributed by atoms with Crippen molar-refractivity contribution in [2.75, 3.05) is 31.2 Å². The molecule has 0 bridgehead atoms. The molecule has 1 unspecified atom stereocenters. The van der Waals surface area contributed by atoms with Gasteiger partial charge in [0.2, 0.25) is 5.91 Å². The van der Waals surface area contributed by atoms with Gasteiger partial charge < -0.3 is 24.4 Å². The van der Waals surface area contributed by atoms with Crippen molar-refractivity contribution in [1.29, 1.82) is 0 Å². The van der Waals surface area contributed by atoms with E-state index in [-0.39, 0.29) is 38.1 Å². The average Bonchev–Trinajstić information content (AvgIpc) is 3.04. The van der Waals surface area contributed by atoms with Crippen molar-refractivity contribution >= 4 is 35.1 Å². The normalized spacial score (nSPS) is 34.5. The zero-order valence-electron chi connectivity index (χ0n) is 19.1. The zero-order valence-corrected chi connectivity index (χ0v) is 19.8. The predicted molar refractivity (Wildman–Crippen MR) is 124 cm³/mol. The predicted octanol–water partition coefficient (Wildman–Crippen LogP) is 2.02. The molecule has 2 saturated heterocycles. The molecule has 2 amide bonds. The third-order valence-electron chi connectivity index (χ3n) is 7.33. The second-order valence-electron chi connectivity index (χ2n) is 9.40. The first-order valence-electron chi connectivity index (χ1n) is 11.5. The number of benzene rings is 1. The van der Waals surface area contributed by atoms with E-state index in [4.69, 9.17) is 21.1 Å². The molecule has 5 rings (SSSR count). The number of carbonyl (C=O) groups is 3. The highest BCUT2D eigenvalue weighted by Gasteiger charge is 2.74. The van der Waals surface area contributed by atoms with Gasteiger partial charge in [-0.1, -0.05) is 42.0 Å². The second kappa shape index (κ2) is 8.22. The third kappa shape index (κ3) is 3.16. The van der Waals surface area contributed by atoms with Gasteiger partial charge in [-0.3, -0.25) is 14.4 Å². The van der Waals surface area contributed by atoms with Crippen LogP contribution in [0.4, 0.5) is 5.69 Å². The number of fused-ring (bicyclic) bond motifs is 2. The summed E-state index contributed by atoms with van der Waals surface area (Å²) in [4.78, 5) is 44.1. The minimum atomic E-state index is -1.35. The van der Waals surface area contributed by atoms with Crippen molar-refractivity contribution in [3.05, 3.63) is 53.1 Å². The number of likely N-dealkylation sites (tertiary alicyclic amines) is 1. The number of ether oxygens (including phenoxy) is 2. The number of anilines is 1. The minimum Gasteiger partial charge on any atom is -0.461 e. The number of amides is 2. The Hall–Kier alpha value is -2.68. The Labute approximate surface area is 202 Å². The fourth-order valence-electron chi connectivity index (χ4n) is 6.00. The van der Waals surface area contributed by atoms with E-state index in [1.165, 1.54) is 4.90 Å². The number of aliphatic hydroxyl groups is 1. The molecular formula is C25H27ClN2O6. The summed E-state index contributed by atoms with van der Waals surface area (Å²) in [5.41, 5.74) is -1.06. The molecule has 1 N–H and O–H groups in total. The molecule has 0 radical (unpaired) electrons. The highest BCUT2D eigenvalue weighted by atomic mass is 35.5. The number of para-hydroxylation sites is 1. The van der Waals surface area contributed by atoms with Crippen molar-refractivity contribution in [3.8, 4) is 0 Å². The maximum Gasteiger partial charge on any atom is 0.313 e. The van der Waals surface area contributed by atoms with Crippen LogP contribution in [0, 0.1) is 18.8 Å². The summed E-state index contributed by atoms with van der Waals surface area (Å²) < 4.78 is 12.0. The van der Waals surface area contributed by atoms with Crippen LogP contribution >= 0.6 is 11.6 Å². The Kier molecular flexibility index (Phi) is 5.58. The van der Waals surface area contributed by atoms with Crippen LogP contribution in [0.2, 0.25) is 5.02 Å². The van der Waals surface area contributed by atoms with Crippen LogP contribution in [0.1, 0.15) is 18.9 Å². The average molecular weight is 487 g/mol. The summed E-state index contributed by atoms with van der Waals surface area (Å²) in [5.74, 6) is -3.03. The zero-order chi connectivity index (χ0) is 24.3. The first kappa shape index (κ1) is 23.1. The standard InChI is InChI=1S/C25H27ClN2O6/c1-15-7-3-8-16(26)19(15)27-11-4-10-25-17(18-23(32)33-14-5-9-24(18,2)34-25)21(30)28(12-6-13-29)20(25)22(27)31/h3-5,7-10,17-18,20,29H,6,11-14H2,1-2H3/t17-,18+,20?,24-,25-/m0/s1. The third-order valence-corrected chi connectivity index (χ3v) is 7.63. The van der Waals surface area contributed by atoms with Crippen molar-refractivity contribution in [2.45, 2.75) is 37.5 Å². The summed E-state index contributed by atoms with van der Waals surface area (Å²) in [6, 6.07) is 4.39. The Morgan fingerprint density at radius 3 is 2.68 bits per heavy atom. The van der Waals surface area contributed by atoms with E-state index in [0.29, 0.717) is 17.1 Å². The number of nitrogens with zero attached hydrogens (tertiary/aromatic N) is 2. The number of hydrogen-bond acceptors (Lipinski definition) is 6. The number of aliphatic hydroxyl groups excluding tert-OH is 1. The van der Waals surface area contributed by atoms with Gasteiger partial charge in [0.1, 0.15) is 24.2 Å². The Balaban J connectivity index is 1.66. The van der Waals surface area contributed by atoms with Crippen molar-refractivity contribution in [1.82, 2.24) is 4.90 Å². The summed E-state index contributed by atoms with van der Waals surface area (Å²) in [7, 11) is 0. The molecule has 4 aliphatic rings. The largest absolute Gasteiger partial charge is 0.461 e. The first-order chi connectivity index (χ1) is 16.2. The molecule has 5 atom stereocenters. The topological polar surface area (TPSA) is 96.4 Å². The van der Waals surface area contributed by atoms with Crippen LogP contribution in [-0.4, -0.2) is 71.3 Å². The van der Waals surface area contributed by atoms with Gasteiger partial charge in [-0.25, -0.2) is 0 Å². The van der Waals surface area contributed by atoms with Crippen LogP contribution in [-0.2, 0) is 23.9 Å². The maximum absolute atomic E-state index is 14.2. The van der Waals surface area contributed by atoms with E-state index in [0.717, 1.165) is 5.56 Å². The van der Waals surface area contributed by atoms with Crippen LogP contribution in [0.5, 0.6) is 0 Å². The molecule has 2 fully saturated rings. The number of esters is 1. The lowest BCUT2D eigenvalue weighted by Gasteiger charge is -2.37. The van der Waals surface area contributed by atoms with Gasteiger partial charge in [0.25, 0.3) is 5.91 Å². The van der Waals surface area contributed by atoms with Crippen LogP contribution in [0.25, 0.3) is 0 Å². The number of rotatable bonds is 4. The van der Waals surface area contributed by atoms with Gasteiger partial charge in [0.15, 0.2) is 0 Å².